The third kappa shape index (κ3) is 5.26. The molecule has 168 valence electrons. The average Bonchev–Trinajstić information content (AvgIpc) is 2.79. The van der Waals surface area contributed by atoms with Crippen LogP contribution >= 0.6 is 0 Å². The van der Waals surface area contributed by atoms with Crippen molar-refractivity contribution in [2.45, 2.75) is 13.0 Å². The zero-order valence-corrected chi connectivity index (χ0v) is 18.0. The largest absolute Gasteiger partial charge is 0.497 e. The maximum absolute atomic E-state index is 12.7. The van der Waals surface area contributed by atoms with Crippen LogP contribution in [0.2, 0.25) is 0 Å². The molecule has 2 heterocycles. The fourth-order valence-electron chi connectivity index (χ4n) is 3.69. The molecule has 0 radical (unpaired) electrons. The molecule has 1 aromatic carbocycles. The summed E-state index contributed by atoms with van der Waals surface area (Å²) < 4.78 is 15.3. The van der Waals surface area contributed by atoms with Gasteiger partial charge in [-0.25, -0.2) is 14.4 Å². The van der Waals surface area contributed by atoms with Crippen molar-refractivity contribution >= 4 is 18.1 Å². The fourth-order valence-corrected chi connectivity index (χ4v) is 3.69. The number of nitrogens with one attached hydrogen (secondary N) is 2. The molecule has 2 N–H and O–H groups in total. The van der Waals surface area contributed by atoms with Crippen LogP contribution in [0, 0.1) is 0 Å². The Hall–Kier alpha value is -3.27. The number of urea groups is 1. The lowest BCUT2D eigenvalue weighted by Gasteiger charge is -2.36. The summed E-state index contributed by atoms with van der Waals surface area (Å²) in [7, 11) is 2.86. The molecule has 0 spiro atoms. The Kier molecular flexibility index (Phi) is 7.35. The molecule has 1 aromatic rings. The second-order valence-electron chi connectivity index (χ2n) is 7.15. The average molecular weight is 432 g/mol. The molecule has 1 saturated heterocycles. The van der Waals surface area contributed by atoms with Crippen LogP contribution < -0.4 is 15.4 Å². The molecule has 2 aliphatic heterocycles. The molecule has 0 bridgehead atoms. The second kappa shape index (κ2) is 10.2. The third-order valence-electron chi connectivity index (χ3n) is 5.27. The Morgan fingerprint density at radius 3 is 2.55 bits per heavy atom. The molecule has 3 amide bonds. The van der Waals surface area contributed by atoms with Crippen LogP contribution in [0.5, 0.6) is 5.75 Å². The van der Waals surface area contributed by atoms with Crippen LogP contribution in [-0.4, -0.2) is 81.4 Å². The lowest BCUT2D eigenvalue weighted by molar-refractivity contribution is -0.136. The molecule has 1 unspecified atom stereocenters. The van der Waals surface area contributed by atoms with Crippen LogP contribution in [0.15, 0.2) is 35.5 Å². The van der Waals surface area contributed by atoms with Crippen molar-refractivity contribution < 1.29 is 28.6 Å². The molecular weight excluding hydrogens is 404 g/mol. The van der Waals surface area contributed by atoms with E-state index in [4.69, 9.17) is 14.2 Å². The van der Waals surface area contributed by atoms with Crippen LogP contribution in [0.3, 0.4) is 0 Å². The van der Waals surface area contributed by atoms with Crippen LogP contribution in [0.1, 0.15) is 18.5 Å². The Labute approximate surface area is 181 Å². The number of benzene rings is 1. The second-order valence-corrected chi connectivity index (χ2v) is 7.15. The molecule has 1 atom stereocenters. The first-order valence-electron chi connectivity index (χ1n) is 10.1. The van der Waals surface area contributed by atoms with E-state index in [1.807, 2.05) is 6.07 Å². The van der Waals surface area contributed by atoms with E-state index >= 15 is 0 Å². The number of hydrogen-bond acceptors (Lipinski definition) is 7. The van der Waals surface area contributed by atoms with Crippen molar-refractivity contribution in [2.24, 2.45) is 0 Å². The summed E-state index contributed by atoms with van der Waals surface area (Å²) in [5, 5.41) is 5.56. The van der Waals surface area contributed by atoms with E-state index in [1.54, 1.807) is 37.1 Å². The number of nitrogens with zero attached hydrogens (tertiary/aromatic N) is 2. The van der Waals surface area contributed by atoms with E-state index in [0.29, 0.717) is 61.9 Å². The normalized spacial score (nSPS) is 19.4. The Balaban J connectivity index is 1.83. The zero-order chi connectivity index (χ0) is 22.4. The first kappa shape index (κ1) is 22.4. The molecule has 3 rings (SSSR count). The molecule has 10 nitrogen and oxygen atoms in total. The van der Waals surface area contributed by atoms with Gasteiger partial charge < -0.3 is 29.7 Å². The van der Waals surface area contributed by atoms with Gasteiger partial charge in [0.15, 0.2) is 0 Å². The monoisotopic (exact) mass is 432 g/mol. The smallest absolute Gasteiger partial charge is 0.409 e. The van der Waals surface area contributed by atoms with Gasteiger partial charge in [-0.05, 0) is 24.6 Å². The minimum atomic E-state index is -0.674. The molecule has 1 fully saturated rings. The predicted octanol–water partition coefficient (Wildman–Crippen LogP) is 1.25. The van der Waals surface area contributed by atoms with Crippen molar-refractivity contribution in [3.05, 3.63) is 41.1 Å². The minimum Gasteiger partial charge on any atom is -0.497 e. The number of ether oxygens (including phenoxy) is 3. The van der Waals surface area contributed by atoms with Gasteiger partial charge in [-0.15, -0.1) is 0 Å². The molecule has 0 aliphatic carbocycles. The van der Waals surface area contributed by atoms with Crippen LogP contribution in [0.25, 0.3) is 0 Å². The van der Waals surface area contributed by atoms with Gasteiger partial charge in [-0.2, -0.15) is 0 Å². The molecule has 10 heteroatoms. The maximum Gasteiger partial charge on any atom is 0.409 e. The number of carbonyl (C=O) groups is 3. The number of piperazine rings is 1. The summed E-state index contributed by atoms with van der Waals surface area (Å²) in [4.78, 5) is 40.7. The summed E-state index contributed by atoms with van der Waals surface area (Å²) in [6.45, 7) is 4.63. The molecule has 0 saturated carbocycles. The number of carbonyl (C=O) groups excluding carboxylic acids is 3. The summed E-state index contributed by atoms with van der Waals surface area (Å²) in [5.74, 6) is 0.0895. The molecule has 0 aromatic heterocycles. The summed E-state index contributed by atoms with van der Waals surface area (Å²) in [6.07, 6.45) is -0.329. The van der Waals surface area contributed by atoms with Gasteiger partial charge >= 0.3 is 18.1 Å². The van der Waals surface area contributed by atoms with E-state index in [9.17, 15) is 14.4 Å². The fraction of sp³-hybridized carbons (Fsp3) is 0.476. The number of rotatable bonds is 6. The van der Waals surface area contributed by atoms with E-state index in [2.05, 4.69) is 15.5 Å². The van der Waals surface area contributed by atoms with Crippen molar-refractivity contribution in [1.29, 1.82) is 0 Å². The van der Waals surface area contributed by atoms with Gasteiger partial charge in [0.25, 0.3) is 0 Å². The Morgan fingerprint density at radius 1 is 1.16 bits per heavy atom. The van der Waals surface area contributed by atoms with Gasteiger partial charge in [0.05, 0.1) is 32.4 Å². The SMILES string of the molecule is CCOC(=O)N1CCN(CC2=C(C(=O)OC)C(c3cccc(OC)c3)NC(=O)N2)CC1. The summed E-state index contributed by atoms with van der Waals surface area (Å²) in [5.41, 5.74) is 1.52. The van der Waals surface area contributed by atoms with Crippen molar-refractivity contribution in [3.63, 3.8) is 0 Å². The standard InChI is InChI=1S/C21H28N4O6/c1-4-31-21(28)25-10-8-24(9-11-25)13-16-17(19(26)30-3)18(23-20(27)22-16)14-6-5-7-15(12-14)29-2/h5-7,12,18H,4,8-11,13H2,1-3H3,(H2,22,23,27). The lowest BCUT2D eigenvalue weighted by atomic mass is 9.94. The van der Waals surface area contributed by atoms with Crippen molar-refractivity contribution in [2.75, 3.05) is 53.6 Å². The van der Waals surface area contributed by atoms with E-state index in [-0.39, 0.29) is 6.09 Å². The van der Waals surface area contributed by atoms with E-state index in [0.717, 1.165) is 0 Å². The third-order valence-corrected chi connectivity index (χ3v) is 5.27. The quantitative estimate of drug-likeness (QED) is 0.651. The molecule has 2 aliphatic rings. The maximum atomic E-state index is 12.7. The molecular formula is C21H28N4O6. The summed E-state index contributed by atoms with van der Waals surface area (Å²) >= 11 is 0. The Morgan fingerprint density at radius 2 is 1.90 bits per heavy atom. The zero-order valence-electron chi connectivity index (χ0n) is 18.0. The Bertz CT molecular complexity index is 863. The van der Waals surface area contributed by atoms with Gasteiger partial charge in [-0.1, -0.05) is 12.1 Å². The van der Waals surface area contributed by atoms with Gasteiger partial charge in [0.2, 0.25) is 0 Å². The van der Waals surface area contributed by atoms with Gasteiger partial charge in [0.1, 0.15) is 5.75 Å². The highest BCUT2D eigenvalue weighted by atomic mass is 16.6. The number of methoxy groups -OCH3 is 2. The predicted molar refractivity (Wildman–Crippen MR) is 111 cm³/mol. The number of amides is 3. The topological polar surface area (TPSA) is 109 Å². The highest BCUT2D eigenvalue weighted by Gasteiger charge is 2.35. The van der Waals surface area contributed by atoms with Crippen molar-refractivity contribution in [1.82, 2.24) is 20.4 Å². The minimum absolute atomic E-state index is 0.329. The first-order chi connectivity index (χ1) is 15.0. The van der Waals surface area contributed by atoms with E-state index in [1.165, 1.54) is 7.11 Å². The molecule has 31 heavy (non-hydrogen) atoms. The highest BCUT2D eigenvalue weighted by Crippen LogP contribution is 2.30. The lowest BCUT2D eigenvalue weighted by Crippen LogP contribution is -2.52. The first-order valence-corrected chi connectivity index (χ1v) is 10.1. The number of hydrogen-bond donors (Lipinski definition) is 2. The van der Waals surface area contributed by atoms with Crippen molar-refractivity contribution in [3.8, 4) is 5.75 Å². The number of esters is 1. The van der Waals surface area contributed by atoms with Crippen LogP contribution in [-0.2, 0) is 14.3 Å². The highest BCUT2D eigenvalue weighted by molar-refractivity contribution is 5.95. The van der Waals surface area contributed by atoms with Crippen LogP contribution in [0.4, 0.5) is 9.59 Å². The summed E-state index contributed by atoms with van der Waals surface area (Å²) in [6, 6.07) is 6.10. The van der Waals surface area contributed by atoms with Gasteiger partial charge in [-0.3, -0.25) is 4.90 Å². The van der Waals surface area contributed by atoms with Gasteiger partial charge in [0, 0.05) is 38.4 Å². The van der Waals surface area contributed by atoms with E-state index < -0.39 is 18.0 Å².